The van der Waals surface area contributed by atoms with Crippen molar-refractivity contribution in [1.82, 2.24) is 14.7 Å². The normalized spacial score (nSPS) is 16.8. The van der Waals surface area contributed by atoms with E-state index in [1.54, 1.807) is 10.9 Å². The minimum absolute atomic E-state index is 0.0899. The monoisotopic (exact) mass is 310 g/mol. The fraction of sp³-hybridized carbons (Fsp3) is 0.750. The topological polar surface area (TPSA) is 50.2 Å². The average Bonchev–Trinajstić information content (AvgIpc) is 3.00. The zero-order valence-electron chi connectivity index (χ0n) is 13.4. The van der Waals surface area contributed by atoms with E-state index in [-0.39, 0.29) is 18.5 Å². The Hall–Kier alpha value is -1.43. The number of amides is 1. The van der Waals surface area contributed by atoms with Crippen molar-refractivity contribution in [3.63, 3.8) is 0 Å². The van der Waals surface area contributed by atoms with E-state index in [4.69, 9.17) is 0 Å². The molecule has 2 rings (SSSR count). The summed E-state index contributed by atoms with van der Waals surface area (Å²) in [6.45, 7) is 5.55. The smallest absolute Gasteiger partial charge is 0.227 e. The quantitative estimate of drug-likeness (QED) is 0.751. The minimum Gasteiger partial charge on any atom is -0.323 e. The van der Waals surface area contributed by atoms with Crippen LogP contribution in [0.5, 0.6) is 0 Å². The van der Waals surface area contributed by atoms with Gasteiger partial charge in [-0.15, -0.1) is 0 Å². The van der Waals surface area contributed by atoms with Crippen molar-refractivity contribution >= 4 is 11.6 Å². The molecule has 2 heterocycles. The van der Waals surface area contributed by atoms with Gasteiger partial charge in [0.05, 0.1) is 18.6 Å². The lowest BCUT2D eigenvalue weighted by atomic mass is 9.95. The third-order valence-electron chi connectivity index (χ3n) is 4.29. The third kappa shape index (κ3) is 5.09. The number of piperidine rings is 1. The number of carbonyl (C=O) groups excluding carboxylic acids is 1. The first kappa shape index (κ1) is 16.9. The van der Waals surface area contributed by atoms with E-state index in [1.807, 2.05) is 13.1 Å². The Kier molecular flexibility index (Phi) is 6.83. The molecule has 124 valence electrons. The maximum absolute atomic E-state index is 12.3. The van der Waals surface area contributed by atoms with E-state index in [2.05, 4.69) is 15.3 Å². The lowest BCUT2D eigenvalue weighted by Gasteiger charge is -2.31. The van der Waals surface area contributed by atoms with Crippen LogP contribution in [0.3, 0.4) is 0 Å². The van der Waals surface area contributed by atoms with Crippen LogP contribution in [0.4, 0.5) is 10.1 Å². The van der Waals surface area contributed by atoms with Gasteiger partial charge in [-0.05, 0) is 58.7 Å². The number of unbranched alkanes of at least 4 members (excludes halogenated alkanes) is 2. The van der Waals surface area contributed by atoms with Gasteiger partial charge in [0.1, 0.15) is 0 Å². The Morgan fingerprint density at radius 1 is 1.36 bits per heavy atom. The molecule has 0 bridgehead atoms. The third-order valence-corrected chi connectivity index (χ3v) is 4.29. The van der Waals surface area contributed by atoms with Crippen LogP contribution in [-0.2, 0) is 11.3 Å². The Labute approximate surface area is 131 Å². The van der Waals surface area contributed by atoms with Gasteiger partial charge in [-0.25, -0.2) is 0 Å². The molecule has 22 heavy (non-hydrogen) atoms. The molecule has 0 aliphatic carbocycles. The van der Waals surface area contributed by atoms with Crippen molar-refractivity contribution in [3.05, 3.63) is 12.4 Å². The molecule has 0 spiro atoms. The first-order valence-electron chi connectivity index (χ1n) is 8.34. The summed E-state index contributed by atoms with van der Waals surface area (Å²) in [5.41, 5.74) is 0.778. The molecule has 1 saturated heterocycles. The lowest BCUT2D eigenvalue weighted by molar-refractivity contribution is -0.121. The molecule has 0 atom stereocenters. The summed E-state index contributed by atoms with van der Waals surface area (Å²) in [6, 6.07) is 0. The van der Waals surface area contributed by atoms with Crippen molar-refractivity contribution in [2.45, 2.75) is 45.6 Å². The highest BCUT2D eigenvalue weighted by atomic mass is 19.1. The van der Waals surface area contributed by atoms with Crippen LogP contribution in [0.25, 0.3) is 0 Å². The van der Waals surface area contributed by atoms with Gasteiger partial charge in [-0.1, -0.05) is 0 Å². The first-order valence-corrected chi connectivity index (χ1v) is 8.34. The number of rotatable bonds is 8. The number of hydrogen-bond acceptors (Lipinski definition) is 3. The molecule has 1 aromatic heterocycles. The van der Waals surface area contributed by atoms with Gasteiger partial charge in [0.2, 0.25) is 5.91 Å². The van der Waals surface area contributed by atoms with Crippen LogP contribution in [0, 0.1) is 5.92 Å². The summed E-state index contributed by atoms with van der Waals surface area (Å²) in [4.78, 5) is 14.6. The number of carbonyl (C=O) groups is 1. The number of likely N-dealkylation sites (tertiary alicyclic amines) is 1. The van der Waals surface area contributed by atoms with Crippen molar-refractivity contribution < 1.29 is 9.18 Å². The molecular formula is C16H27FN4O. The molecule has 0 unspecified atom stereocenters. The SMILES string of the molecule is CCn1cc(NC(=O)C2CCN(CCCCCF)CC2)cn1. The van der Waals surface area contributed by atoms with Crippen molar-refractivity contribution in [2.24, 2.45) is 5.92 Å². The van der Waals surface area contributed by atoms with Gasteiger partial charge >= 0.3 is 0 Å². The van der Waals surface area contributed by atoms with Gasteiger partial charge in [0.25, 0.3) is 0 Å². The molecule has 1 aliphatic heterocycles. The molecule has 6 heteroatoms. The highest BCUT2D eigenvalue weighted by Crippen LogP contribution is 2.19. The number of aromatic nitrogens is 2. The predicted molar refractivity (Wildman–Crippen MR) is 85.5 cm³/mol. The molecule has 1 aliphatic rings. The number of hydrogen-bond donors (Lipinski definition) is 1. The van der Waals surface area contributed by atoms with E-state index in [1.165, 1.54) is 0 Å². The van der Waals surface area contributed by atoms with E-state index in [0.29, 0.717) is 6.42 Å². The van der Waals surface area contributed by atoms with Crippen LogP contribution in [0.2, 0.25) is 0 Å². The van der Waals surface area contributed by atoms with Gasteiger partial charge in [0, 0.05) is 18.7 Å². The lowest BCUT2D eigenvalue weighted by Crippen LogP contribution is -2.38. The van der Waals surface area contributed by atoms with Crippen molar-refractivity contribution in [3.8, 4) is 0 Å². The van der Waals surface area contributed by atoms with Gasteiger partial charge in [0.15, 0.2) is 0 Å². The average molecular weight is 310 g/mol. The molecule has 1 amide bonds. The van der Waals surface area contributed by atoms with Gasteiger partial charge < -0.3 is 10.2 Å². The minimum atomic E-state index is -0.211. The second kappa shape index (κ2) is 8.88. The molecular weight excluding hydrogens is 283 g/mol. The predicted octanol–water partition coefficient (Wildman–Crippen LogP) is 2.69. The van der Waals surface area contributed by atoms with E-state index in [0.717, 1.165) is 57.5 Å². The Morgan fingerprint density at radius 3 is 2.77 bits per heavy atom. The van der Waals surface area contributed by atoms with E-state index >= 15 is 0 Å². The Balaban J connectivity index is 1.68. The highest BCUT2D eigenvalue weighted by Gasteiger charge is 2.24. The van der Waals surface area contributed by atoms with Crippen LogP contribution in [-0.4, -0.2) is 46.9 Å². The van der Waals surface area contributed by atoms with E-state index < -0.39 is 0 Å². The second-order valence-electron chi connectivity index (χ2n) is 5.94. The summed E-state index contributed by atoms with van der Waals surface area (Å²) >= 11 is 0. The number of nitrogens with zero attached hydrogens (tertiary/aromatic N) is 3. The number of halogens is 1. The van der Waals surface area contributed by atoms with Crippen molar-refractivity contribution in [2.75, 3.05) is 31.6 Å². The first-order chi connectivity index (χ1) is 10.7. The molecule has 0 saturated carbocycles. The number of aryl methyl sites for hydroxylation is 1. The van der Waals surface area contributed by atoms with Crippen LogP contribution in [0.1, 0.15) is 39.0 Å². The Morgan fingerprint density at radius 2 is 2.14 bits per heavy atom. The fourth-order valence-corrected chi connectivity index (χ4v) is 2.87. The summed E-state index contributed by atoms with van der Waals surface area (Å²) < 4.78 is 13.8. The fourth-order valence-electron chi connectivity index (χ4n) is 2.87. The largest absolute Gasteiger partial charge is 0.323 e. The molecule has 0 aromatic carbocycles. The van der Waals surface area contributed by atoms with Crippen LogP contribution in [0.15, 0.2) is 12.4 Å². The molecule has 1 aromatic rings. The highest BCUT2D eigenvalue weighted by molar-refractivity contribution is 5.92. The van der Waals surface area contributed by atoms with Crippen molar-refractivity contribution in [1.29, 1.82) is 0 Å². The summed E-state index contributed by atoms with van der Waals surface area (Å²) in [5.74, 6) is 0.194. The summed E-state index contributed by atoms with van der Waals surface area (Å²) in [6.07, 6.45) is 8.03. The maximum Gasteiger partial charge on any atom is 0.227 e. The van der Waals surface area contributed by atoms with Gasteiger partial charge in [-0.3, -0.25) is 13.9 Å². The molecule has 5 nitrogen and oxygen atoms in total. The standard InChI is InChI=1S/C16H27FN4O/c1-2-21-13-15(12-18-21)19-16(22)14-6-10-20(11-7-14)9-5-3-4-8-17/h12-14H,2-11H2,1H3,(H,19,22). The zero-order valence-corrected chi connectivity index (χ0v) is 13.4. The molecule has 1 fully saturated rings. The summed E-state index contributed by atoms with van der Waals surface area (Å²) in [7, 11) is 0. The Bertz CT molecular complexity index is 455. The molecule has 1 N–H and O–H groups in total. The van der Waals surface area contributed by atoms with Crippen LogP contribution >= 0.6 is 0 Å². The zero-order chi connectivity index (χ0) is 15.8. The van der Waals surface area contributed by atoms with Crippen LogP contribution < -0.4 is 5.32 Å². The van der Waals surface area contributed by atoms with Gasteiger partial charge in [-0.2, -0.15) is 5.10 Å². The number of anilines is 1. The summed E-state index contributed by atoms with van der Waals surface area (Å²) in [5, 5.41) is 7.12. The van der Waals surface area contributed by atoms with E-state index in [9.17, 15) is 9.18 Å². The second-order valence-corrected chi connectivity index (χ2v) is 5.94. The maximum atomic E-state index is 12.3. The molecule has 0 radical (unpaired) electrons. The number of alkyl halides is 1. The number of nitrogens with one attached hydrogen (secondary N) is 1.